The van der Waals surface area contributed by atoms with Crippen molar-refractivity contribution < 1.29 is 12.9 Å². The Hall–Kier alpha value is -0.185. The summed E-state index contributed by atoms with van der Waals surface area (Å²) in [6.07, 6.45) is 5.09. The van der Waals surface area contributed by atoms with Crippen LogP contribution in [-0.4, -0.2) is 31.4 Å². The van der Waals surface area contributed by atoms with E-state index in [1.165, 1.54) is 19.3 Å². The summed E-state index contributed by atoms with van der Waals surface area (Å²) in [4.78, 5) is 1.57. The van der Waals surface area contributed by atoms with Crippen LogP contribution in [0.3, 0.4) is 0 Å². The van der Waals surface area contributed by atoms with Crippen molar-refractivity contribution in [3.8, 4) is 0 Å². The molecule has 2 fully saturated rings. The van der Waals surface area contributed by atoms with Gasteiger partial charge in [-0.15, -0.1) is 0 Å². The van der Waals surface area contributed by atoms with E-state index in [1.54, 1.807) is 4.90 Å². The van der Waals surface area contributed by atoms with E-state index < -0.39 is 13.4 Å². The van der Waals surface area contributed by atoms with E-state index >= 15 is 0 Å². The summed E-state index contributed by atoms with van der Waals surface area (Å²) in [5.74, 6) is 0. The number of piperidine rings is 1. The van der Waals surface area contributed by atoms with Gasteiger partial charge in [0.15, 0.2) is 0 Å². The van der Waals surface area contributed by atoms with E-state index in [0.29, 0.717) is 18.5 Å². The number of likely N-dealkylation sites (tertiary alicyclic amines) is 1. The van der Waals surface area contributed by atoms with Crippen LogP contribution < -0.4 is 0 Å². The number of hydrogen-bond donors (Lipinski definition) is 0. The minimum absolute atomic E-state index is 0.453. The fourth-order valence-electron chi connectivity index (χ4n) is 2.68. The monoisotopic (exact) mass is 206 g/mol. The van der Waals surface area contributed by atoms with E-state index in [2.05, 4.69) is 0 Å². The first kappa shape index (κ1) is 10.3. The van der Waals surface area contributed by atoms with Gasteiger partial charge in [-0.3, -0.25) is 0 Å². The van der Waals surface area contributed by atoms with Gasteiger partial charge in [0.2, 0.25) is 0 Å². The highest BCUT2D eigenvalue weighted by atomic mass is 19.4. The Kier molecular flexibility index (Phi) is 2.54. The number of hydrogen-bond acceptors (Lipinski definition) is 1. The first-order valence-corrected chi connectivity index (χ1v) is 5.43. The van der Waals surface area contributed by atoms with Gasteiger partial charge in [-0.05, 0) is 50.6 Å². The lowest BCUT2D eigenvalue weighted by molar-refractivity contribution is 0.0370. The van der Waals surface area contributed by atoms with Crippen molar-refractivity contribution in [3.05, 3.63) is 0 Å². The van der Waals surface area contributed by atoms with Gasteiger partial charge in [0.05, 0.1) is 0 Å². The Morgan fingerprint density at radius 3 is 1.93 bits per heavy atom. The zero-order valence-corrected chi connectivity index (χ0v) is 8.32. The molecule has 0 atom stereocenters. The van der Waals surface area contributed by atoms with E-state index in [0.717, 1.165) is 12.8 Å². The van der Waals surface area contributed by atoms with Crippen LogP contribution in [0.15, 0.2) is 0 Å². The van der Waals surface area contributed by atoms with Gasteiger partial charge in [-0.2, -0.15) is 0 Å². The molecule has 1 saturated carbocycles. The molecule has 0 unspecified atom stereocenters. The molecule has 0 aromatic heterocycles. The molecule has 2 aliphatic rings. The third-order valence-corrected chi connectivity index (χ3v) is 3.80. The normalized spacial score (nSPS) is 27.6. The predicted octanol–water partition coefficient (Wildman–Crippen LogP) is 2.64. The van der Waals surface area contributed by atoms with Crippen LogP contribution in [-0.2, 0) is 0 Å². The molecular weight excluding hydrogens is 190 g/mol. The molecule has 5 heteroatoms. The summed E-state index contributed by atoms with van der Waals surface area (Å²) in [6, 6.07) is 0. The van der Waals surface area contributed by atoms with Gasteiger partial charge in [0.1, 0.15) is 0 Å². The molecule has 0 amide bonds. The van der Waals surface area contributed by atoms with Crippen LogP contribution in [0, 0.1) is 5.41 Å². The van der Waals surface area contributed by atoms with Gasteiger partial charge in [-0.1, -0.05) is 6.42 Å². The van der Waals surface area contributed by atoms with Crippen LogP contribution in [0.2, 0.25) is 0 Å². The molecule has 1 heterocycles. The van der Waals surface area contributed by atoms with Crippen LogP contribution in [0.1, 0.15) is 32.1 Å². The van der Waals surface area contributed by atoms with Gasteiger partial charge in [0, 0.05) is 0 Å². The van der Waals surface area contributed by atoms with Crippen molar-refractivity contribution in [2.45, 2.75) is 32.1 Å². The van der Waals surface area contributed by atoms with Crippen molar-refractivity contribution in [2.75, 3.05) is 19.5 Å². The highest BCUT2D eigenvalue weighted by Gasteiger charge is 2.40. The smallest absolute Gasteiger partial charge is 0.448 e. The highest BCUT2D eigenvalue weighted by Crippen LogP contribution is 2.48. The summed E-state index contributed by atoms with van der Waals surface area (Å²) in [5.41, 5.74) is 0.453. The molecule has 0 radical (unpaired) electrons. The van der Waals surface area contributed by atoms with Crippen molar-refractivity contribution in [3.63, 3.8) is 0 Å². The quantitative estimate of drug-likeness (QED) is 0.627. The molecule has 1 saturated heterocycles. The van der Waals surface area contributed by atoms with E-state index in [9.17, 15) is 12.9 Å². The molecule has 1 spiro atoms. The molecule has 1 aliphatic heterocycles. The molecule has 2 rings (SSSR count). The lowest BCUT2D eigenvalue weighted by atomic mass is 9.63. The third kappa shape index (κ3) is 2.24. The largest absolute Gasteiger partial charge is 0.492 e. The Morgan fingerprint density at radius 1 is 1.00 bits per heavy atom. The Morgan fingerprint density at radius 2 is 1.57 bits per heavy atom. The van der Waals surface area contributed by atoms with Crippen LogP contribution in [0.4, 0.5) is 12.9 Å². The molecule has 0 bridgehead atoms. The minimum Gasteiger partial charge on any atom is -0.448 e. The molecular formula is C9H16BF3N-. The van der Waals surface area contributed by atoms with Crippen molar-refractivity contribution >= 4 is 6.98 Å². The zero-order valence-electron chi connectivity index (χ0n) is 8.32. The van der Waals surface area contributed by atoms with Gasteiger partial charge in [-0.25, -0.2) is 0 Å². The number of nitrogens with zero attached hydrogens (tertiary/aromatic N) is 1. The van der Waals surface area contributed by atoms with Crippen LogP contribution >= 0.6 is 0 Å². The zero-order chi connectivity index (χ0) is 10.2. The van der Waals surface area contributed by atoms with Gasteiger partial charge < -0.3 is 17.8 Å². The molecule has 0 aromatic carbocycles. The van der Waals surface area contributed by atoms with E-state index in [-0.39, 0.29) is 0 Å². The van der Waals surface area contributed by atoms with Crippen LogP contribution in [0.5, 0.6) is 0 Å². The number of rotatable bonds is 2. The average molecular weight is 206 g/mol. The SMILES string of the molecule is F[B-](F)(F)CN1CCC2(CCC2)CC1. The topological polar surface area (TPSA) is 3.24 Å². The fraction of sp³-hybridized carbons (Fsp3) is 1.00. The van der Waals surface area contributed by atoms with Gasteiger partial charge >= 0.3 is 6.98 Å². The minimum atomic E-state index is -4.62. The van der Waals surface area contributed by atoms with E-state index in [4.69, 9.17) is 0 Å². The molecule has 0 N–H and O–H groups in total. The summed E-state index contributed by atoms with van der Waals surface area (Å²) < 4.78 is 36.4. The first-order valence-electron chi connectivity index (χ1n) is 5.43. The third-order valence-electron chi connectivity index (χ3n) is 3.80. The molecule has 1 nitrogen and oxygen atoms in total. The summed E-state index contributed by atoms with van der Waals surface area (Å²) in [5, 5.41) is 0. The maximum atomic E-state index is 12.1. The molecule has 1 aliphatic carbocycles. The first-order chi connectivity index (χ1) is 6.49. The number of halogens is 3. The van der Waals surface area contributed by atoms with Crippen molar-refractivity contribution in [1.82, 2.24) is 4.90 Å². The maximum absolute atomic E-state index is 12.1. The Balaban J connectivity index is 1.78. The second kappa shape index (κ2) is 3.44. The van der Waals surface area contributed by atoms with Crippen LogP contribution in [0.25, 0.3) is 0 Å². The molecule has 82 valence electrons. The lowest BCUT2D eigenvalue weighted by Crippen LogP contribution is -2.47. The molecule has 0 aromatic rings. The fourth-order valence-corrected chi connectivity index (χ4v) is 2.68. The highest BCUT2D eigenvalue weighted by molar-refractivity contribution is 6.58. The predicted molar refractivity (Wildman–Crippen MR) is 51.0 cm³/mol. The Labute approximate surface area is 82.7 Å². The molecule has 14 heavy (non-hydrogen) atoms. The van der Waals surface area contributed by atoms with E-state index in [1.807, 2.05) is 0 Å². The summed E-state index contributed by atoms with van der Waals surface area (Å²) >= 11 is 0. The second-order valence-electron chi connectivity index (χ2n) is 4.86. The van der Waals surface area contributed by atoms with Crippen molar-refractivity contribution in [2.24, 2.45) is 5.41 Å². The van der Waals surface area contributed by atoms with Crippen molar-refractivity contribution in [1.29, 1.82) is 0 Å². The average Bonchev–Trinajstić information content (AvgIpc) is 2.00. The standard InChI is InChI=1S/C9H16BF3N/c11-10(12,13)8-14-6-4-9(5-7-14)2-1-3-9/h1-8H2/q-1. The second-order valence-corrected chi connectivity index (χ2v) is 4.86. The Bertz CT molecular complexity index is 203. The lowest BCUT2D eigenvalue weighted by Gasteiger charge is -2.48. The summed E-state index contributed by atoms with van der Waals surface area (Å²) in [7, 11) is 0. The van der Waals surface area contributed by atoms with Gasteiger partial charge in [0.25, 0.3) is 0 Å². The summed E-state index contributed by atoms with van der Waals surface area (Å²) in [6.45, 7) is -3.32. The maximum Gasteiger partial charge on any atom is 0.492 e.